The Morgan fingerprint density at radius 3 is 2.40 bits per heavy atom. The Labute approximate surface area is 269 Å². The molecule has 2 aliphatic heterocycles. The van der Waals surface area contributed by atoms with Crippen LogP contribution in [0.5, 0.6) is 0 Å². The average molecular weight is 635 g/mol. The van der Waals surface area contributed by atoms with Gasteiger partial charge < -0.3 is 10.4 Å². The number of carbonyl (C=O) groups is 4. The molecule has 1 atom stereocenters. The summed E-state index contributed by atoms with van der Waals surface area (Å²) in [7, 11) is 0. The molecule has 0 bridgehead atoms. The van der Waals surface area contributed by atoms with Gasteiger partial charge in [0.2, 0.25) is 11.8 Å². The van der Waals surface area contributed by atoms with Gasteiger partial charge in [0.05, 0.1) is 46.2 Å². The fourth-order valence-electron chi connectivity index (χ4n) is 7.42. The minimum Gasteiger partial charge on any atom is -0.393 e. The molecule has 4 fully saturated rings. The number of anilines is 1. The molecule has 1 saturated heterocycles. The van der Waals surface area contributed by atoms with Gasteiger partial charge >= 0.3 is 0 Å². The van der Waals surface area contributed by atoms with Gasteiger partial charge in [-0.05, 0) is 75.1 Å². The maximum Gasteiger partial charge on any atom is 0.262 e. The molecule has 0 radical (unpaired) electrons. The number of rotatable bonds is 8. The van der Waals surface area contributed by atoms with Crippen LogP contribution in [0, 0.1) is 5.92 Å². The molecule has 3 saturated carbocycles. The third kappa shape index (κ3) is 4.82. The molecule has 3 N–H and O–H groups in total. The van der Waals surface area contributed by atoms with Crippen molar-refractivity contribution in [3.05, 3.63) is 59.7 Å². The van der Waals surface area contributed by atoms with Crippen LogP contribution < -0.4 is 10.6 Å². The molecular formula is C34H34N8O5. The molecule has 0 spiro atoms. The zero-order valence-corrected chi connectivity index (χ0v) is 25.6. The quantitative estimate of drug-likeness (QED) is 0.247. The van der Waals surface area contributed by atoms with Gasteiger partial charge in [0, 0.05) is 54.1 Å². The van der Waals surface area contributed by atoms with Gasteiger partial charge in [-0.15, -0.1) is 0 Å². The third-order valence-electron chi connectivity index (χ3n) is 10.5. The van der Waals surface area contributed by atoms with Gasteiger partial charge in [-0.2, -0.15) is 10.2 Å². The fourth-order valence-corrected chi connectivity index (χ4v) is 7.42. The van der Waals surface area contributed by atoms with E-state index in [4.69, 9.17) is 15.2 Å². The predicted octanol–water partition coefficient (Wildman–Crippen LogP) is 3.33. The number of pyridine rings is 1. The van der Waals surface area contributed by atoms with Crippen LogP contribution in [-0.4, -0.2) is 76.9 Å². The number of aliphatic hydroxyl groups is 1. The van der Waals surface area contributed by atoms with E-state index in [9.17, 15) is 24.3 Å². The summed E-state index contributed by atoms with van der Waals surface area (Å²) in [6.45, 7) is 0.719. The van der Waals surface area contributed by atoms with Gasteiger partial charge in [0.1, 0.15) is 6.04 Å². The predicted molar refractivity (Wildman–Crippen MR) is 168 cm³/mol. The largest absolute Gasteiger partial charge is 0.393 e. The lowest BCUT2D eigenvalue weighted by molar-refractivity contribution is -0.136. The van der Waals surface area contributed by atoms with E-state index in [1.54, 1.807) is 18.2 Å². The highest BCUT2D eigenvalue weighted by atomic mass is 16.3. The highest BCUT2D eigenvalue weighted by molar-refractivity contribution is 6.23. The van der Waals surface area contributed by atoms with Crippen LogP contribution >= 0.6 is 0 Å². The number of carbonyl (C=O) groups excluding carboxylic acids is 4. The first-order chi connectivity index (χ1) is 22.8. The molecule has 3 aromatic heterocycles. The SMILES string of the molecule is O=C1CCC(N2C(=O)c3ccc(NCC4CC(n5cc(-c6cc7nn(C8CC(O)C8)cc7cn6)c(C6CC6)n5)C4)cc3C2=O)C(=O)N1. The summed E-state index contributed by atoms with van der Waals surface area (Å²) in [4.78, 5) is 55.9. The van der Waals surface area contributed by atoms with Crippen LogP contribution in [0.25, 0.3) is 22.2 Å². The molecule has 13 nitrogen and oxygen atoms in total. The van der Waals surface area contributed by atoms with Crippen LogP contribution in [0.2, 0.25) is 0 Å². The van der Waals surface area contributed by atoms with Gasteiger partial charge in [0.25, 0.3) is 11.8 Å². The number of hydrogen-bond acceptors (Lipinski definition) is 9. The molecule has 1 unspecified atom stereocenters. The highest BCUT2D eigenvalue weighted by Crippen LogP contribution is 2.46. The second-order valence-electron chi connectivity index (χ2n) is 13.8. The van der Waals surface area contributed by atoms with Crippen molar-refractivity contribution >= 4 is 40.2 Å². The first-order valence-electron chi connectivity index (χ1n) is 16.5. The first-order valence-corrected chi connectivity index (χ1v) is 16.5. The maximum absolute atomic E-state index is 13.2. The second kappa shape index (κ2) is 10.6. The summed E-state index contributed by atoms with van der Waals surface area (Å²) in [6.07, 6.45) is 11.7. The van der Waals surface area contributed by atoms with Gasteiger partial charge in [-0.25, -0.2) is 0 Å². The Kier molecular flexibility index (Phi) is 6.36. The lowest BCUT2D eigenvalue weighted by Gasteiger charge is -2.35. The number of piperidine rings is 1. The van der Waals surface area contributed by atoms with Crippen molar-refractivity contribution < 1.29 is 24.3 Å². The lowest BCUT2D eigenvalue weighted by atomic mass is 9.80. The van der Waals surface area contributed by atoms with Gasteiger partial charge in [0.15, 0.2) is 0 Å². The minimum atomic E-state index is -0.975. The molecule has 5 heterocycles. The van der Waals surface area contributed by atoms with Crippen LogP contribution in [-0.2, 0) is 9.59 Å². The molecule has 4 amide bonds. The zero-order valence-electron chi connectivity index (χ0n) is 25.6. The zero-order chi connectivity index (χ0) is 32.0. The van der Waals surface area contributed by atoms with Crippen LogP contribution in [0.4, 0.5) is 5.69 Å². The number of imide groups is 2. The normalized spacial score (nSPS) is 27.1. The van der Waals surface area contributed by atoms with Crippen molar-refractivity contribution in [2.75, 3.05) is 11.9 Å². The lowest BCUT2D eigenvalue weighted by Crippen LogP contribution is -2.54. The van der Waals surface area contributed by atoms with E-state index in [1.807, 2.05) is 17.1 Å². The summed E-state index contributed by atoms with van der Waals surface area (Å²) in [6, 6.07) is 6.72. The standard InChI is InChI=1S/C34H34N8O5/c43-23-10-22(11-23)40-15-19-14-36-28(12-27(19)38-40)26-16-41(39-31(26)18-1-2-18)21-7-17(8-21)13-35-20-3-4-24-25(9-20)34(47)42(33(24)46)29-5-6-30(44)37-32(29)45/h3-4,9,12,14-18,21-23,29,35,43H,1-2,5-8,10-11,13H2,(H,37,44,45). The number of benzene rings is 1. The number of nitrogens with one attached hydrogen (secondary N) is 2. The van der Waals surface area contributed by atoms with Crippen molar-refractivity contribution in [2.24, 2.45) is 5.92 Å². The molecule has 4 aromatic rings. The van der Waals surface area contributed by atoms with E-state index in [-0.39, 0.29) is 36.1 Å². The first kappa shape index (κ1) is 28.3. The summed E-state index contributed by atoms with van der Waals surface area (Å²) in [5.74, 6) is -1.13. The Morgan fingerprint density at radius 1 is 0.872 bits per heavy atom. The summed E-state index contributed by atoms with van der Waals surface area (Å²) in [5, 5.41) is 26.2. The molecule has 9 rings (SSSR count). The van der Waals surface area contributed by atoms with Crippen LogP contribution in [0.1, 0.15) is 95.8 Å². The molecule has 13 heteroatoms. The summed E-state index contributed by atoms with van der Waals surface area (Å²) < 4.78 is 4.08. The van der Waals surface area contributed by atoms with E-state index in [2.05, 4.69) is 27.6 Å². The number of fused-ring (bicyclic) bond motifs is 2. The summed E-state index contributed by atoms with van der Waals surface area (Å²) in [5.41, 5.74) is 5.28. The number of hydrogen-bond donors (Lipinski definition) is 3. The average Bonchev–Trinajstić information content (AvgIpc) is 3.55. The molecular weight excluding hydrogens is 600 g/mol. The number of aromatic nitrogens is 5. The Bertz CT molecular complexity index is 1980. The summed E-state index contributed by atoms with van der Waals surface area (Å²) >= 11 is 0. The van der Waals surface area contributed by atoms with Crippen molar-refractivity contribution in [2.45, 2.75) is 81.5 Å². The highest BCUT2D eigenvalue weighted by Gasteiger charge is 2.45. The van der Waals surface area contributed by atoms with E-state index < -0.39 is 29.7 Å². The number of aliphatic hydroxyl groups excluding tert-OH is 1. The van der Waals surface area contributed by atoms with Crippen molar-refractivity contribution in [1.82, 2.24) is 34.8 Å². The molecule has 47 heavy (non-hydrogen) atoms. The monoisotopic (exact) mass is 634 g/mol. The number of amides is 4. The topological polar surface area (TPSA) is 164 Å². The fraction of sp³-hybridized carbons (Fsp3) is 0.441. The van der Waals surface area contributed by atoms with Crippen molar-refractivity contribution in [3.63, 3.8) is 0 Å². The minimum absolute atomic E-state index is 0.0902. The van der Waals surface area contributed by atoms with Gasteiger partial charge in [-0.3, -0.25) is 43.7 Å². The van der Waals surface area contributed by atoms with Crippen LogP contribution in [0.3, 0.4) is 0 Å². The number of nitrogens with zero attached hydrogens (tertiary/aromatic N) is 6. The smallest absolute Gasteiger partial charge is 0.262 e. The molecule has 240 valence electrons. The van der Waals surface area contributed by atoms with E-state index in [0.29, 0.717) is 17.9 Å². The Hall–Kier alpha value is -4.91. The molecule has 5 aliphatic rings. The van der Waals surface area contributed by atoms with E-state index in [0.717, 1.165) is 83.5 Å². The van der Waals surface area contributed by atoms with Crippen molar-refractivity contribution in [1.29, 1.82) is 0 Å². The Balaban J connectivity index is 0.853. The molecule has 3 aliphatic carbocycles. The van der Waals surface area contributed by atoms with Gasteiger partial charge in [-0.1, -0.05) is 0 Å². The van der Waals surface area contributed by atoms with E-state index >= 15 is 0 Å². The maximum atomic E-state index is 13.2. The van der Waals surface area contributed by atoms with Crippen molar-refractivity contribution in [3.8, 4) is 11.3 Å². The second-order valence-corrected chi connectivity index (χ2v) is 13.8. The van der Waals surface area contributed by atoms with Crippen LogP contribution in [0.15, 0.2) is 42.9 Å². The van der Waals surface area contributed by atoms with E-state index in [1.165, 1.54) is 0 Å². The molecule has 1 aromatic carbocycles. The Morgan fingerprint density at radius 2 is 1.64 bits per heavy atom. The third-order valence-corrected chi connectivity index (χ3v) is 10.5.